The summed E-state index contributed by atoms with van der Waals surface area (Å²) in [4.78, 5) is 11.8. The number of carbonyl (C=O) groups is 1. The average molecular weight is 303 g/mol. The lowest BCUT2D eigenvalue weighted by Crippen LogP contribution is -2.49. The number of nitrogens with two attached hydrogens (primary N) is 1. The van der Waals surface area contributed by atoms with Crippen LogP contribution in [-0.2, 0) is 11.2 Å². The average Bonchev–Trinajstić information content (AvgIpc) is 2.29. The molecule has 0 saturated heterocycles. The first-order valence-corrected chi connectivity index (χ1v) is 6.50. The number of hydrogen-bond donors (Lipinski definition) is 2. The standard InChI is InChI=1S/C15H23FN2O.ClH/c1-10-9-12(16)6-5-11(10)7-8-18-14(19)13(17)15(2,3)4;/h5-6,9,13H,7-8,17H2,1-4H3,(H,18,19);1H/t13-;/m1./s1. The molecule has 20 heavy (non-hydrogen) atoms. The van der Waals surface area contributed by atoms with Crippen molar-refractivity contribution in [2.24, 2.45) is 11.1 Å². The minimum absolute atomic E-state index is 0. The summed E-state index contributed by atoms with van der Waals surface area (Å²) < 4.78 is 12.9. The van der Waals surface area contributed by atoms with Gasteiger partial charge in [0.25, 0.3) is 0 Å². The fourth-order valence-electron chi connectivity index (χ4n) is 1.76. The predicted octanol–water partition coefficient (Wildman–Crippen LogP) is 2.59. The predicted molar refractivity (Wildman–Crippen MR) is 82.5 cm³/mol. The number of benzene rings is 1. The number of rotatable bonds is 4. The van der Waals surface area contributed by atoms with Gasteiger partial charge in [-0.1, -0.05) is 26.8 Å². The van der Waals surface area contributed by atoms with Crippen LogP contribution in [0.1, 0.15) is 31.9 Å². The number of aryl methyl sites for hydroxylation is 1. The van der Waals surface area contributed by atoms with E-state index in [2.05, 4.69) is 5.32 Å². The Balaban J connectivity index is 0.00000361. The van der Waals surface area contributed by atoms with Gasteiger partial charge in [-0.3, -0.25) is 4.79 Å². The van der Waals surface area contributed by atoms with Crippen LogP contribution in [0.4, 0.5) is 4.39 Å². The summed E-state index contributed by atoms with van der Waals surface area (Å²) in [5.74, 6) is -0.382. The molecule has 0 fully saturated rings. The second-order valence-corrected chi connectivity index (χ2v) is 5.96. The normalized spacial score (nSPS) is 12.5. The lowest BCUT2D eigenvalue weighted by atomic mass is 9.87. The first-order chi connectivity index (χ1) is 8.71. The SMILES string of the molecule is Cc1cc(F)ccc1CCNC(=O)[C@@H](N)C(C)(C)C.Cl. The van der Waals surface area contributed by atoms with Gasteiger partial charge in [0.1, 0.15) is 5.82 Å². The van der Waals surface area contributed by atoms with Gasteiger partial charge in [0.2, 0.25) is 5.91 Å². The van der Waals surface area contributed by atoms with Crippen molar-refractivity contribution in [3.8, 4) is 0 Å². The highest BCUT2D eigenvalue weighted by Crippen LogP contribution is 2.17. The lowest BCUT2D eigenvalue weighted by Gasteiger charge is -2.25. The summed E-state index contributed by atoms with van der Waals surface area (Å²) >= 11 is 0. The smallest absolute Gasteiger partial charge is 0.237 e. The summed E-state index contributed by atoms with van der Waals surface area (Å²) in [5, 5.41) is 2.82. The molecule has 0 radical (unpaired) electrons. The number of halogens is 2. The molecule has 0 spiro atoms. The van der Waals surface area contributed by atoms with Crippen LogP contribution in [0.15, 0.2) is 18.2 Å². The highest BCUT2D eigenvalue weighted by molar-refractivity contribution is 5.85. The summed E-state index contributed by atoms with van der Waals surface area (Å²) in [6, 6.07) is 4.16. The molecule has 0 aromatic heterocycles. The Kier molecular flexibility index (Phi) is 7.17. The maximum Gasteiger partial charge on any atom is 0.237 e. The van der Waals surface area contributed by atoms with Gasteiger partial charge in [0, 0.05) is 6.54 Å². The number of hydrogen-bond acceptors (Lipinski definition) is 2. The largest absolute Gasteiger partial charge is 0.354 e. The highest BCUT2D eigenvalue weighted by Gasteiger charge is 2.26. The van der Waals surface area contributed by atoms with Gasteiger partial charge in [-0.15, -0.1) is 12.4 Å². The van der Waals surface area contributed by atoms with Gasteiger partial charge in [0.05, 0.1) is 6.04 Å². The second-order valence-electron chi connectivity index (χ2n) is 5.96. The molecular formula is C15H24ClFN2O. The van der Waals surface area contributed by atoms with Crippen molar-refractivity contribution in [1.29, 1.82) is 0 Å². The van der Waals surface area contributed by atoms with E-state index in [9.17, 15) is 9.18 Å². The molecule has 0 bridgehead atoms. The maximum atomic E-state index is 12.9. The Hall–Kier alpha value is -1.13. The van der Waals surface area contributed by atoms with Gasteiger partial charge in [-0.05, 0) is 42.0 Å². The molecule has 0 heterocycles. The van der Waals surface area contributed by atoms with E-state index < -0.39 is 6.04 Å². The van der Waals surface area contributed by atoms with Crippen LogP contribution >= 0.6 is 12.4 Å². The first kappa shape index (κ1) is 18.9. The Morgan fingerprint density at radius 1 is 1.40 bits per heavy atom. The lowest BCUT2D eigenvalue weighted by molar-refractivity contribution is -0.124. The summed E-state index contributed by atoms with van der Waals surface area (Å²) in [7, 11) is 0. The van der Waals surface area contributed by atoms with E-state index in [0.717, 1.165) is 11.1 Å². The molecule has 0 saturated carbocycles. The third-order valence-corrected chi connectivity index (χ3v) is 3.21. The van der Waals surface area contributed by atoms with Crippen molar-refractivity contribution in [3.63, 3.8) is 0 Å². The molecule has 1 rings (SSSR count). The van der Waals surface area contributed by atoms with Gasteiger partial charge < -0.3 is 11.1 Å². The van der Waals surface area contributed by atoms with Gasteiger partial charge in [-0.2, -0.15) is 0 Å². The van der Waals surface area contributed by atoms with E-state index in [-0.39, 0.29) is 29.5 Å². The molecule has 3 N–H and O–H groups in total. The molecule has 3 nitrogen and oxygen atoms in total. The van der Waals surface area contributed by atoms with Crippen molar-refractivity contribution < 1.29 is 9.18 Å². The Morgan fingerprint density at radius 3 is 2.50 bits per heavy atom. The number of amides is 1. The molecule has 1 aromatic rings. The van der Waals surface area contributed by atoms with Crippen molar-refractivity contribution in [2.75, 3.05) is 6.54 Å². The monoisotopic (exact) mass is 302 g/mol. The number of nitrogens with one attached hydrogen (secondary N) is 1. The van der Waals surface area contributed by atoms with E-state index in [0.29, 0.717) is 13.0 Å². The van der Waals surface area contributed by atoms with Crippen LogP contribution in [0.2, 0.25) is 0 Å². The quantitative estimate of drug-likeness (QED) is 0.898. The van der Waals surface area contributed by atoms with Crippen LogP contribution in [0.5, 0.6) is 0 Å². The highest BCUT2D eigenvalue weighted by atomic mass is 35.5. The van der Waals surface area contributed by atoms with Gasteiger partial charge in [-0.25, -0.2) is 4.39 Å². The van der Waals surface area contributed by atoms with Crippen molar-refractivity contribution >= 4 is 18.3 Å². The molecule has 1 atom stereocenters. The summed E-state index contributed by atoms with van der Waals surface area (Å²) in [6.45, 7) is 8.17. The molecule has 1 amide bonds. The molecule has 0 aliphatic carbocycles. The van der Waals surface area contributed by atoms with E-state index >= 15 is 0 Å². The van der Waals surface area contributed by atoms with Crippen LogP contribution < -0.4 is 11.1 Å². The van der Waals surface area contributed by atoms with Gasteiger partial charge >= 0.3 is 0 Å². The van der Waals surface area contributed by atoms with E-state index in [4.69, 9.17) is 5.73 Å². The molecule has 1 aromatic carbocycles. The summed E-state index contributed by atoms with van der Waals surface area (Å²) in [6.07, 6.45) is 0.675. The van der Waals surface area contributed by atoms with E-state index in [1.807, 2.05) is 27.7 Å². The van der Waals surface area contributed by atoms with Gasteiger partial charge in [0.15, 0.2) is 0 Å². The Morgan fingerprint density at radius 2 is 2.00 bits per heavy atom. The van der Waals surface area contributed by atoms with Crippen LogP contribution in [0.25, 0.3) is 0 Å². The zero-order valence-electron chi connectivity index (χ0n) is 12.5. The Labute approximate surface area is 126 Å². The van der Waals surface area contributed by atoms with Crippen LogP contribution in [0, 0.1) is 18.2 Å². The molecule has 0 aliphatic heterocycles. The summed E-state index contributed by atoms with van der Waals surface area (Å²) in [5.41, 5.74) is 7.54. The fourth-order valence-corrected chi connectivity index (χ4v) is 1.76. The van der Waals surface area contributed by atoms with Crippen LogP contribution in [0.3, 0.4) is 0 Å². The molecule has 0 aliphatic rings. The fraction of sp³-hybridized carbons (Fsp3) is 0.533. The minimum Gasteiger partial charge on any atom is -0.354 e. The van der Waals surface area contributed by atoms with Crippen LogP contribution in [-0.4, -0.2) is 18.5 Å². The van der Waals surface area contributed by atoms with E-state index in [1.54, 1.807) is 6.07 Å². The zero-order chi connectivity index (χ0) is 14.6. The topological polar surface area (TPSA) is 55.1 Å². The van der Waals surface area contributed by atoms with Crippen molar-refractivity contribution in [2.45, 2.75) is 40.2 Å². The maximum absolute atomic E-state index is 12.9. The minimum atomic E-state index is -0.526. The third-order valence-electron chi connectivity index (χ3n) is 3.21. The van der Waals surface area contributed by atoms with E-state index in [1.165, 1.54) is 12.1 Å². The molecule has 0 unspecified atom stereocenters. The zero-order valence-corrected chi connectivity index (χ0v) is 13.3. The molecular weight excluding hydrogens is 279 g/mol. The third kappa shape index (κ3) is 5.47. The second kappa shape index (κ2) is 7.60. The molecule has 5 heteroatoms. The van der Waals surface area contributed by atoms with Crippen molar-refractivity contribution in [3.05, 3.63) is 35.1 Å². The van der Waals surface area contributed by atoms with Crippen molar-refractivity contribution in [1.82, 2.24) is 5.32 Å². The Bertz CT molecular complexity index is 458. The number of carbonyl (C=O) groups excluding carboxylic acids is 1. The molecule has 114 valence electrons. The first-order valence-electron chi connectivity index (χ1n) is 6.50.